The summed E-state index contributed by atoms with van der Waals surface area (Å²) in [5, 5.41) is 9.37. The summed E-state index contributed by atoms with van der Waals surface area (Å²) >= 11 is 0. The third kappa shape index (κ3) is 2.24. The molecule has 2 heterocycles. The maximum atomic E-state index is 12.7. The van der Waals surface area contributed by atoms with Crippen LogP contribution in [-0.2, 0) is 4.79 Å². The number of hydrogen-bond donors (Lipinski definition) is 2. The Labute approximate surface area is 144 Å². The topological polar surface area (TPSA) is 115 Å². The lowest BCUT2D eigenvalue weighted by Gasteiger charge is -2.33. The van der Waals surface area contributed by atoms with E-state index in [-0.39, 0.29) is 28.7 Å². The largest absolute Gasteiger partial charge is 0.442 e. The average molecular weight is 332 g/mol. The van der Waals surface area contributed by atoms with E-state index in [2.05, 4.69) is 4.98 Å². The number of pyridine rings is 1. The van der Waals surface area contributed by atoms with Crippen molar-refractivity contribution >= 4 is 17.3 Å². The number of ketones is 1. The maximum absolute atomic E-state index is 12.7. The van der Waals surface area contributed by atoms with Gasteiger partial charge in [-0.15, -0.1) is 0 Å². The van der Waals surface area contributed by atoms with Crippen molar-refractivity contribution in [3.8, 4) is 11.9 Å². The molecule has 2 aliphatic rings. The third-order valence-electron chi connectivity index (χ3n) is 4.72. The Bertz CT molecular complexity index is 958. The predicted octanol–water partition coefficient (Wildman–Crippen LogP) is 2.65. The van der Waals surface area contributed by atoms with Crippen LogP contribution < -0.4 is 16.2 Å². The van der Waals surface area contributed by atoms with E-state index in [1.807, 2.05) is 36.4 Å². The van der Waals surface area contributed by atoms with Gasteiger partial charge in [-0.3, -0.25) is 4.79 Å². The van der Waals surface area contributed by atoms with Crippen LogP contribution in [0, 0.1) is 11.3 Å². The first kappa shape index (κ1) is 15.2. The number of Topliss-reactive ketones (excluding diaryl/α,β-unsaturated/α-hetero) is 1. The monoisotopic (exact) mass is 332 g/mol. The molecule has 0 saturated heterocycles. The number of benzene rings is 1. The average Bonchev–Trinajstić information content (AvgIpc) is 2.61. The molecular weight excluding hydrogens is 316 g/mol. The number of nitrogens with zero attached hydrogens (tertiary/aromatic N) is 2. The number of nitriles is 1. The van der Waals surface area contributed by atoms with Gasteiger partial charge in [0, 0.05) is 24.3 Å². The number of ether oxygens (including phenoxy) is 1. The van der Waals surface area contributed by atoms with Gasteiger partial charge in [-0.25, -0.2) is 0 Å². The van der Waals surface area contributed by atoms with Gasteiger partial charge in [-0.05, 0) is 12.0 Å². The Morgan fingerprint density at radius 2 is 1.96 bits per heavy atom. The summed E-state index contributed by atoms with van der Waals surface area (Å²) in [7, 11) is 0. The normalized spacial score (nSPS) is 18.8. The third-order valence-corrected chi connectivity index (χ3v) is 4.72. The number of hydrogen-bond acceptors (Lipinski definition) is 6. The minimum absolute atomic E-state index is 0.0387. The summed E-state index contributed by atoms with van der Waals surface area (Å²) in [6.07, 6.45) is 1.90. The molecule has 6 heteroatoms. The molecular formula is C19H16N4O2. The molecule has 1 aromatic heterocycles. The van der Waals surface area contributed by atoms with E-state index in [4.69, 9.17) is 16.2 Å². The Morgan fingerprint density at radius 3 is 2.68 bits per heavy atom. The molecule has 4 N–H and O–H groups in total. The van der Waals surface area contributed by atoms with E-state index in [0.717, 1.165) is 12.0 Å². The molecule has 1 aliphatic heterocycles. The molecule has 1 unspecified atom stereocenters. The second kappa shape index (κ2) is 5.64. The van der Waals surface area contributed by atoms with Crippen LogP contribution in [0.3, 0.4) is 0 Å². The Morgan fingerprint density at radius 1 is 1.20 bits per heavy atom. The van der Waals surface area contributed by atoms with Gasteiger partial charge in [0.05, 0.1) is 11.3 Å². The fourth-order valence-electron chi connectivity index (χ4n) is 3.59. The van der Waals surface area contributed by atoms with E-state index in [1.54, 1.807) is 0 Å². The van der Waals surface area contributed by atoms with Gasteiger partial charge >= 0.3 is 0 Å². The Kier molecular flexibility index (Phi) is 3.43. The van der Waals surface area contributed by atoms with Gasteiger partial charge in [0.1, 0.15) is 23.2 Å². The van der Waals surface area contributed by atoms with E-state index < -0.39 is 5.92 Å². The molecule has 0 spiro atoms. The zero-order valence-corrected chi connectivity index (χ0v) is 13.5. The molecule has 25 heavy (non-hydrogen) atoms. The molecule has 0 saturated carbocycles. The van der Waals surface area contributed by atoms with Crippen LogP contribution >= 0.6 is 0 Å². The number of allylic oxidation sites excluding steroid dienone is 2. The maximum Gasteiger partial charge on any atom is 0.227 e. The highest BCUT2D eigenvalue weighted by Gasteiger charge is 2.39. The van der Waals surface area contributed by atoms with Crippen molar-refractivity contribution in [2.45, 2.75) is 25.2 Å². The number of anilines is 2. The molecule has 0 amide bonds. The highest BCUT2D eigenvalue weighted by molar-refractivity contribution is 6.00. The minimum Gasteiger partial charge on any atom is -0.442 e. The number of fused-ring (bicyclic) bond motifs is 1. The molecule has 4 rings (SSSR count). The number of aromatic nitrogens is 1. The number of nitrogen functional groups attached to an aromatic ring is 2. The van der Waals surface area contributed by atoms with Crippen LogP contribution in [-0.4, -0.2) is 10.8 Å². The van der Waals surface area contributed by atoms with Gasteiger partial charge < -0.3 is 16.2 Å². The molecule has 124 valence electrons. The van der Waals surface area contributed by atoms with Crippen LogP contribution in [0.25, 0.3) is 0 Å². The first-order chi connectivity index (χ1) is 12.1. The lowest BCUT2D eigenvalue weighted by molar-refractivity contribution is -0.116. The van der Waals surface area contributed by atoms with Crippen LogP contribution in [0.15, 0.2) is 41.7 Å². The number of carbonyl (C=O) groups is 1. The van der Waals surface area contributed by atoms with Crippen molar-refractivity contribution in [1.29, 1.82) is 5.26 Å². The molecule has 1 aliphatic carbocycles. The van der Waals surface area contributed by atoms with E-state index in [9.17, 15) is 10.1 Å². The van der Waals surface area contributed by atoms with E-state index >= 15 is 0 Å². The van der Waals surface area contributed by atoms with Gasteiger partial charge in [0.15, 0.2) is 5.78 Å². The highest BCUT2D eigenvalue weighted by Crippen LogP contribution is 2.49. The van der Waals surface area contributed by atoms with E-state index in [1.165, 1.54) is 0 Å². The summed E-state index contributed by atoms with van der Waals surface area (Å²) in [6.45, 7) is 0. The molecule has 1 aromatic carbocycles. The highest BCUT2D eigenvalue weighted by atomic mass is 16.5. The summed E-state index contributed by atoms with van der Waals surface area (Å²) in [5.74, 6) is 0.616. The quantitative estimate of drug-likeness (QED) is 0.829. The molecule has 1 atom stereocenters. The summed E-state index contributed by atoms with van der Waals surface area (Å²) in [4.78, 5) is 16.9. The molecule has 6 nitrogen and oxygen atoms in total. The summed E-state index contributed by atoms with van der Waals surface area (Å²) in [6, 6.07) is 11.6. The minimum atomic E-state index is -0.395. The summed E-state index contributed by atoms with van der Waals surface area (Å²) < 4.78 is 5.90. The van der Waals surface area contributed by atoms with Gasteiger partial charge in [0.2, 0.25) is 5.88 Å². The van der Waals surface area contributed by atoms with Crippen molar-refractivity contribution in [3.63, 3.8) is 0 Å². The van der Waals surface area contributed by atoms with Crippen molar-refractivity contribution in [3.05, 3.63) is 58.4 Å². The fraction of sp³-hybridized carbons (Fsp3) is 0.211. The second-order valence-electron chi connectivity index (χ2n) is 6.18. The van der Waals surface area contributed by atoms with Gasteiger partial charge in [0.25, 0.3) is 0 Å². The second-order valence-corrected chi connectivity index (χ2v) is 6.18. The van der Waals surface area contributed by atoms with Crippen molar-refractivity contribution in [2.24, 2.45) is 0 Å². The summed E-state index contributed by atoms with van der Waals surface area (Å²) in [5.41, 5.74) is 14.5. The van der Waals surface area contributed by atoms with Crippen LogP contribution in [0.1, 0.15) is 41.9 Å². The number of nitrogens with two attached hydrogens (primary N) is 2. The van der Waals surface area contributed by atoms with Crippen molar-refractivity contribution in [1.82, 2.24) is 4.98 Å². The molecule has 0 fully saturated rings. The van der Waals surface area contributed by atoms with Crippen LogP contribution in [0.4, 0.5) is 11.5 Å². The Hall–Kier alpha value is -3.33. The lowest BCUT2D eigenvalue weighted by atomic mass is 9.77. The Balaban J connectivity index is 2.03. The van der Waals surface area contributed by atoms with Crippen molar-refractivity contribution in [2.75, 3.05) is 11.5 Å². The smallest absolute Gasteiger partial charge is 0.227 e. The predicted molar refractivity (Wildman–Crippen MR) is 92.6 cm³/mol. The standard InChI is InChI=1S/C19H16N4O2/c20-9-11-17(21)16-14(10-5-2-1-3-6-10)15-12(24)7-4-8-13(15)25-19(16)23-18(11)22/h1-3,5-6,14H,4,7-8H2,(H4,21,22,23). The fourth-order valence-corrected chi connectivity index (χ4v) is 3.59. The zero-order valence-electron chi connectivity index (χ0n) is 13.5. The number of rotatable bonds is 1. The zero-order chi connectivity index (χ0) is 17.6. The SMILES string of the molecule is N#Cc1c(N)nc2c(c1N)C(c1ccccc1)C1=C(CCCC1=O)O2. The lowest BCUT2D eigenvalue weighted by Crippen LogP contribution is -2.27. The molecule has 0 bridgehead atoms. The van der Waals surface area contributed by atoms with E-state index in [0.29, 0.717) is 29.7 Å². The first-order valence-corrected chi connectivity index (χ1v) is 8.09. The molecule has 2 aromatic rings. The molecule has 0 radical (unpaired) electrons. The van der Waals surface area contributed by atoms with Crippen LogP contribution in [0.2, 0.25) is 0 Å². The van der Waals surface area contributed by atoms with Gasteiger partial charge in [-0.1, -0.05) is 30.3 Å². The first-order valence-electron chi connectivity index (χ1n) is 8.09. The van der Waals surface area contributed by atoms with Crippen molar-refractivity contribution < 1.29 is 9.53 Å². The van der Waals surface area contributed by atoms with Crippen LogP contribution in [0.5, 0.6) is 5.88 Å². The number of carbonyl (C=O) groups excluding carboxylic acids is 1. The van der Waals surface area contributed by atoms with Gasteiger partial charge in [-0.2, -0.15) is 10.2 Å².